The van der Waals surface area contributed by atoms with Gasteiger partial charge in [-0.25, -0.2) is 8.42 Å². The Hall–Kier alpha value is -2.07. The number of rotatable bonds is 7. The molecule has 0 unspecified atom stereocenters. The Balaban J connectivity index is 1.48. The van der Waals surface area contributed by atoms with E-state index in [1.165, 1.54) is 0 Å². The van der Waals surface area contributed by atoms with Crippen molar-refractivity contribution in [2.75, 3.05) is 11.5 Å². The number of nitrogens with one attached hydrogen (secondary N) is 1. The Morgan fingerprint density at radius 2 is 2.26 bits per heavy atom. The van der Waals surface area contributed by atoms with Crippen LogP contribution in [0, 0.1) is 6.92 Å². The zero-order valence-electron chi connectivity index (χ0n) is 15.0. The lowest BCUT2D eigenvalue weighted by Gasteiger charge is -2.14. The molecule has 0 spiro atoms. The number of carbonyl (C=O) groups excluding carboxylic acids is 1. The van der Waals surface area contributed by atoms with E-state index >= 15 is 0 Å². The van der Waals surface area contributed by atoms with Gasteiger partial charge in [0.15, 0.2) is 16.4 Å². The van der Waals surface area contributed by atoms with E-state index in [0.717, 1.165) is 17.3 Å². The van der Waals surface area contributed by atoms with Gasteiger partial charge in [-0.3, -0.25) is 4.79 Å². The number of aromatic nitrogens is 2. The molecule has 27 heavy (non-hydrogen) atoms. The Bertz CT molecular complexity index is 913. The fraction of sp³-hybridized carbons (Fsp3) is 0.471. The van der Waals surface area contributed by atoms with Gasteiger partial charge < -0.3 is 14.5 Å². The second-order valence-corrected chi connectivity index (χ2v) is 9.96. The molecule has 146 valence electrons. The summed E-state index contributed by atoms with van der Waals surface area (Å²) in [5.74, 6) is 0.887. The molecular formula is C17H21N3O5S2. The molecule has 1 amide bonds. The zero-order valence-corrected chi connectivity index (χ0v) is 16.7. The van der Waals surface area contributed by atoms with Crippen LogP contribution in [-0.4, -0.2) is 47.3 Å². The van der Waals surface area contributed by atoms with Crippen LogP contribution >= 0.6 is 11.8 Å². The molecule has 1 aromatic heterocycles. The average Bonchev–Trinajstić information content (AvgIpc) is 3.19. The summed E-state index contributed by atoms with van der Waals surface area (Å²) >= 11 is 1.12. The highest BCUT2D eigenvalue weighted by Crippen LogP contribution is 2.23. The lowest BCUT2D eigenvalue weighted by molar-refractivity contribution is -0.120. The lowest BCUT2D eigenvalue weighted by atomic mass is 10.2. The first-order valence-electron chi connectivity index (χ1n) is 8.50. The quantitative estimate of drug-likeness (QED) is 0.686. The molecule has 1 fully saturated rings. The van der Waals surface area contributed by atoms with Crippen molar-refractivity contribution < 1.29 is 22.4 Å². The molecule has 3 rings (SSSR count). The van der Waals surface area contributed by atoms with Crippen LogP contribution in [0.25, 0.3) is 0 Å². The lowest BCUT2D eigenvalue weighted by Crippen LogP contribution is -2.39. The highest BCUT2D eigenvalue weighted by Gasteiger charge is 2.30. The maximum atomic E-state index is 12.2. The fourth-order valence-corrected chi connectivity index (χ4v) is 5.01. The Kier molecular flexibility index (Phi) is 6.05. The molecule has 1 N–H and O–H groups in total. The van der Waals surface area contributed by atoms with Crippen LogP contribution in [0.4, 0.5) is 0 Å². The first-order valence-corrected chi connectivity index (χ1v) is 11.2. The summed E-state index contributed by atoms with van der Waals surface area (Å²) in [6.07, 6.45) is 0.451. The number of hydrogen-bond donors (Lipinski definition) is 1. The van der Waals surface area contributed by atoms with E-state index in [-0.39, 0.29) is 35.3 Å². The van der Waals surface area contributed by atoms with Crippen molar-refractivity contribution in [1.82, 2.24) is 15.5 Å². The molecule has 10 heteroatoms. The van der Waals surface area contributed by atoms with Gasteiger partial charge >= 0.3 is 0 Å². The van der Waals surface area contributed by atoms with Crippen molar-refractivity contribution in [3.05, 3.63) is 35.7 Å². The molecule has 1 saturated heterocycles. The number of carbonyl (C=O) groups is 1. The molecule has 1 aliphatic heterocycles. The van der Waals surface area contributed by atoms with E-state index in [4.69, 9.17) is 9.15 Å². The van der Waals surface area contributed by atoms with Gasteiger partial charge in [-0.05, 0) is 38.0 Å². The highest BCUT2D eigenvalue weighted by atomic mass is 32.2. The Morgan fingerprint density at radius 1 is 1.44 bits per heavy atom. The number of nitrogens with zero attached hydrogens (tertiary/aromatic N) is 2. The average molecular weight is 412 g/mol. The first kappa shape index (κ1) is 19.7. The maximum Gasteiger partial charge on any atom is 0.277 e. The van der Waals surface area contributed by atoms with Crippen LogP contribution in [0.3, 0.4) is 0 Å². The number of hydrogen-bond acceptors (Lipinski definition) is 8. The third kappa shape index (κ3) is 5.70. The van der Waals surface area contributed by atoms with Gasteiger partial charge in [0.25, 0.3) is 11.1 Å². The van der Waals surface area contributed by atoms with Crippen molar-refractivity contribution in [1.29, 1.82) is 0 Å². The van der Waals surface area contributed by atoms with E-state index in [1.807, 2.05) is 31.2 Å². The van der Waals surface area contributed by atoms with Gasteiger partial charge in [-0.2, -0.15) is 0 Å². The molecule has 2 atom stereocenters. The number of aryl methyl sites for hydroxylation is 1. The summed E-state index contributed by atoms with van der Waals surface area (Å²) in [5, 5.41) is 10.4. The van der Waals surface area contributed by atoms with Crippen LogP contribution in [0.2, 0.25) is 0 Å². The molecule has 1 aliphatic rings. The van der Waals surface area contributed by atoms with Crippen LogP contribution in [0.1, 0.15) is 24.8 Å². The van der Waals surface area contributed by atoms with Crippen LogP contribution in [-0.2, 0) is 21.2 Å². The molecule has 2 aromatic rings. The highest BCUT2D eigenvalue weighted by molar-refractivity contribution is 8.00. The summed E-state index contributed by atoms with van der Waals surface area (Å²) in [5.41, 5.74) is 1.09. The van der Waals surface area contributed by atoms with E-state index in [2.05, 4.69) is 15.5 Å². The van der Waals surface area contributed by atoms with Gasteiger partial charge in [-0.15, -0.1) is 10.2 Å². The van der Waals surface area contributed by atoms with Crippen LogP contribution in [0.15, 0.2) is 33.9 Å². The van der Waals surface area contributed by atoms with Crippen molar-refractivity contribution in [2.45, 2.75) is 43.4 Å². The monoisotopic (exact) mass is 411 g/mol. The standard InChI is InChI=1S/C17H21N3O5S2/c1-11-4-3-5-14(8-11)24-9-15-19-20-17(25-15)26-12(2)16(21)18-13-6-7-27(22,23)10-13/h3-5,8,12-13H,6-7,9-10H2,1-2H3,(H,18,21)/t12-,13+/m0/s1. The van der Waals surface area contributed by atoms with Gasteiger partial charge in [-0.1, -0.05) is 23.9 Å². The predicted octanol–water partition coefficient (Wildman–Crippen LogP) is 1.74. The number of thioether (sulfide) groups is 1. The smallest absolute Gasteiger partial charge is 0.277 e. The number of ether oxygens (including phenoxy) is 1. The van der Waals surface area contributed by atoms with Crippen molar-refractivity contribution in [3.63, 3.8) is 0 Å². The van der Waals surface area contributed by atoms with E-state index in [1.54, 1.807) is 6.92 Å². The summed E-state index contributed by atoms with van der Waals surface area (Å²) in [7, 11) is -3.03. The second-order valence-electron chi connectivity index (χ2n) is 6.44. The fourth-order valence-electron chi connectivity index (χ4n) is 2.63. The topological polar surface area (TPSA) is 111 Å². The minimum atomic E-state index is -3.03. The molecule has 0 aliphatic carbocycles. The Morgan fingerprint density at radius 3 is 2.96 bits per heavy atom. The second kappa shape index (κ2) is 8.30. The van der Waals surface area contributed by atoms with Crippen molar-refractivity contribution >= 4 is 27.5 Å². The zero-order chi connectivity index (χ0) is 19.4. The van der Waals surface area contributed by atoms with Crippen LogP contribution < -0.4 is 10.1 Å². The summed E-state index contributed by atoms with van der Waals surface area (Å²) in [6, 6.07) is 7.29. The number of benzene rings is 1. The summed E-state index contributed by atoms with van der Waals surface area (Å²) < 4.78 is 34.0. The Labute approximate surface area is 162 Å². The summed E-state index contributed by atoms with van der Waals surface area (Å²) in [6.45, 7) is 3.82. The molecule has 0 saturated carbocycles. The number of amides is 1. The molecule has 1 aromatic carbocycles. The maximum absolute atomic E-state index is 12.2. The number of sulfone groups is 1. The van der Waals surface area contributed by atoms with E-state index in [9.17, 15) is 13.2 Å². The first-order chi connectivity index (χ1) is 12.8. The molecule has 8 nitrogen and oxygen atoms in total. The third-order valence-electron chi connectivity index (χ3n) is 4.03. The van der Waals surface area contributed by atoms with Gasteiger partial charge in [0.2, 0.25) is 5.91 Å². The van der Waals surface area contributed by atoms with Gasteiger partial charge in [0.1, 0.15) is 5.75 Å². The van der Waals surface area contributed by atoms with Crippen molar-refractivity contribution in [3.8, 4) is 5.75 Å². The van der Waals surface area contributed by atoms with Gasteiger partial charge in [0.05, 0.1) is 16.8 Å². The molecular weight excluding hydrogens is 390 g/mol. The minimum absolute atomic E-state index is 0.00285. The van der Waals surface area contributed by atoms with E-state index < -0.39 is 15.1 Å². The minimum Gasteiger partial charge on any atom is -0.484 e. The largest absolute Gasteiger partial charge is 0.484 e. The van der Waals surface area contributed by atoms with Gasteiger partial charge in [0, 0.05) is 6.04 Å². The van der Waals surface area contributed by atoms with Crippen molar-refractivity contribution in [2.24, 2.45) is 0 Å². The molecule has 0 radical (unpaired) electrons. The third-order valence-corrected chi connectivity index (χ3v) is 6.73. The molecule has 0 bridgehead atoms. The van der Waals surface area contributed by atoms with E-state index in [0.29, 0.717) is 18.1 Å². The predicted molar refractivity (Wildman–Crippen MR) is 100 cm³/mol. The SMILES string of the molecule is Cc1cccc(OCc2nnc(S[C@@H](C)C(=O)N[C@@H]3CCS(=O)(=O)C3)o2)c1. The van der Waals surface area contributed by atoms with Crippen LogP contribution in [0.5, 0.6) is 5.75 Å². The molecule has 2 heterocycles. The normalized spacial score (nSPS) is 19.6. The summed E-state index contributed by atoms with van der Waals surface area (Å²) in [4.78, 5) is 12.2.